The van der Waals surface area contributed by atoms with Crippen LogP contribution in [-0.2, 0) is 22.5 Å². The van der Waals surface area contributed by atoms with Crippen LogP contribution in [0, 0.1) is 5.41 Å². The van der Waals surface area contributed by atoms with E-state index in [2.05, 4.69) is 48.1 Å². The molecule has 1 amide bonds. The topological polar surface area (TPSA) is 74.3 Å². The van der Waals surface area contributed by atoms with Crippen molar-refractivity contribution in [1.29, 1.82) is 0 Å². The highest BCUT2D eigenvalue weighted by molar-refractivity contribution is 5.95. The summed E-state index contributed by atoms with van der Waals surface area (Å²) < 4.78 is 5.64. The summed E-state index contributed by atoms with van der Waals surface area (Å²) in [5.74, 6) is 1.02. The first kappa shape index (κ1) is 19.7. The molecule has 166 valence electrons. The number of ether oxygens (including phenoxy) is 1. The molecule has 1 saturated heterocycles. The molecule has 1 saturated carbocycles. The number of nitrogens with one attached hydrogen (secondary N) is 1. The van der Waals surface area contributed by atoms with Crippen LogP contribution in [0.4, 0.5) is 5.95 Å². The first-order valence-corrected chi connectivity index (χ1v) is 11.6. The summed E-state index contributed by atoms with van der Waals surface area (Å²) in [5, 5.41) is 1.17. The summed E-state index contributed by atoms with van der Waals surface area (Å²) in [4.78, 5) is 30.9. The molecule has 2 aromatic heterocycles. The van der Waals surface area contributed by atoms with E-state index in [0.717, 1.165) is 60.8 Å². The van der Waals surface area contributed by atoms with Crippen molar-refractivity contribution in [2.45, 2.75) is 45.7 Å². The van der Waals surface area contributed by atoms with Gasteiger partial charge in [-0.25, -0.2) is 9.97 Å². The Balaban J connectivity index is 1.47. The SMILES string of the molecule is CC1COCCN1c1nc2c(c(-c3c[nH]c4ccccc34)n1)CCN(C(=O)C1(C)CC1)C2. The van der Waals surface area contributed by atoms with Crippen LogP contribution >= 0.6 is 0 Å². The molecule has 0 bridgehead atoms. The maximum atomic E-state index is 13.1. The molecule has 1 N–H and O–H groups in total. The van der Waals surface area contributed by atoms with E-state index in [0.29, 0.717) is 19.8 Å². The van der Waals surface area contributed by atoms with Gasteiger partial charge in [0.1, 0.15) is 0 Å². The van der Waals surface area contributed by atoms with Crippen LogP contribution in [0.5, 0.6) is 0 Å². The highest BCUT2D eigenvalue weighted by atomic mass is 16.5. The van der Waals surface area contributed by atoms with Gasteiger partial charge in [-0.3, -0.25) is 4.79 Å². The van der Waals surface area contributed by atoms with Gasteiger partial charge in [0, 0.05) is 46.7 Å². The molecule has 7 nitrogen and oxygen atoms in total. The summed E-state index contributed by atoms with van der Waals surface area (Å²) in [7, 11) is 0. The van der Waals surface area contributed by atoms with E-state index < -0.39 is 0 Å². The van der Waals surface area contributed by atoms with Gasteiger partial charge in [0.05, 0.1) is 37.2 Å². The van der Waals surface area contributed by atoms with Crippen molar-refractivity contribution in [3.63, 3.8) is 0 Å². The third-order valence-corrected chi connectivity index (χ3v) is 7.33. The first-order chi connectivity index (χ1) is 15.5. The van der Waals surface area contributed by atoms with Crippen molar-refractivity contribution in [3.05, 3.63) is 41.7 Å². The average molecular weight is 432 g/mol. The number of rotatable bonds is 3. The van der Waals surface area contributed by atoms with Gasteiger partial charge in [-0.1, -0.05) is 25.1 Å². The Morgan fingerprint density at radius 3 is 2.88 bits per heavy atom. The number of aromatic amines is 1. The van der Waals surface area contributed by atoms with Crippen LogP contribution in [0.2, 0.25) is 0 Å². The lowest BCUT2D eigenvalue weighted by atomic mass is 9.96. The van der Waals surface area contributed by atoms with E-state index in [4.69, 9.17) is 14.7 Å². The number of hydrogen-bond acceptors (Lipinski definition) is 5. The number of morpholine rings is 1. The summed E-state index contributed by atoms with van der Waals surface area (Å²) in [6, 6.07) is 8.55. The molecule has 3 aromatic rings. The highest BCUT2D eigenvalue weighted by Gasteiger charge is 2.47. The van der Waals surface area contributed by atoms with E-state index in [9.17, 15) is 4.79 Å². The zero-order valence-corrected chi connectivity index (χ0v) is 18.7. The van der Waals surface area contributed by atoms with E-state index >= 15 is 0 Å². The largest absolute Gasteiger partial charge is 0.377 e. The summed E-state index contributed by atoms with van der Waals surface area (Å²) in [6.45, 7) is 7.65. The molecule has 4 heterocycles. The monoisotopic (exact) mass is 431 g/mol. The molecular formula is C25H29N5O2. The number of benzene rings is 1. The van der Waals surface area contributed by atoms with E-state index in [1.807, 2.05) is 11.0 Å². The van der Waals surface area contributed by atoms with Gasteiger partial charge in [-0.2, -0.15) is 0 Å². The van der Waals surface area contributed by atoms with Crippen molar-refractivity contribution in [2.75, 3.05) is 31.2 Å². The Morgan fingerprint density at radius 1 is 1.22 bits per heavy atom. The molecule has 2 fully saturated rings. The second kappa shape index (κ2) is 7.30. The second-order valence-electron chi connectivity index (χ2n) is 9.70. The van der Waals surface area contributed by atoms with Gasteiger partial charge in [0.2, 0.25) is 11.9 Å². The summed E-state index contributed by atoms with van der Waals surface area (Å²) in [5.41, 5.74) is 5.19. The number of hydrogen-bond donors (Lipinski definition) is 1. The van der Waals surface area contributed by atoms with Crippen molar-refractivity contribution in [2.24, 2.45) is 5.41 Å². The number of aromatic nitrogens is 3. The van der Waals surface area contributed by atoms with Crippen molar-refractivity contribution >= 4 is 22.8 Å². The summed E-state index contributed by atoms with van der Waals surface area (Å²) in [6.07, 6.45) is 4.83. The molecule has 1 aromatic carbocycles. The smallest absolute Gasteiger partial charge is 0.228 e. The highest BCUT2D eigenvalue weighted by Crippen LogP contribution is 2.47. The number of fused-ring (bicyclic) bond motifs is 2. The Hall–Kier alpha value is -2.93. The molecular weight excluding hydrogens is 402 g/mol. The third-order valence-electron chi connectivity index (χ3n) is 7.33. The minimum atomic E-state index is -0.161. The Kier molecular flexibility index (Phi) is 4.50. The minimum absolute atomic E-state index is 0.161. The maximum Gasteiger partial charge on any atom is 0.228 e. The van der Waals surface area contributed by atoms with Gasteiger partial charge < -0.3 is 19.5 Å². The number of anilines is 1. The van der Waals surface area contributed by atoms with Gasteiger partial charge in [0.15, 0.2) is 0 Å². The molecule has 0 radical (unpaired) electrons. The third kappa shape index (κ3) is 3.18. The molecule has 6 rings (SSSR count). The number of nitrogens with zero attached hydrogens (tertiary/aromatic N) is 4. The zero-order valence-electron chi connectivity index (χ0n) is 18.7. The Bertz CT molecular complexity index is 1200. The molecule has 3 aliphatic rings. The van der Waals surface area contributed by atoms with Crippen LogP contribution < -0.4 is 4.90 Å². The molecule has 32 heavy (non-hydrogen) atoms. The quantitative estimate of drug-likeness (QED) is 0.687. The minimum Gasteiger partial charge on any atom is -0.377 e. The normalized spacial score (nSPS) is 22.1. The lowest BCUT2D eigenvalue weighted by Gasteiger charge is -2.36. The van der Waals surface area contributed by atoms with Crippen molar-refractivity contribution in [3.8, 4) is 11.3 Å². The van der Waals surface area contributed by atoms with Crippen LogP contribution in [0.25, 0.3) is 22.2 Å². The summed E-state index contributed by atoms with van der Waals surface area (Å²) >= 11 is 0. The molecule has 0 spiro atoms. The average Bonchev–Trinajstić information content (AvgIpc) is 3.43. The Labute approximate surface area is 187 Å². The van der Waals surface area contributed by atoms with Crippen molar-refractivity contribution < 1.29 is 9.53 Å². The molecule has 1 unspecified atom stereocenters. The lowest BCUT2D eigenvalue weighted by Crippen LogP contribution is -2.45. The van der Waals surface area contributed by atoms with Gasteiger partial charge in [0.25, 0.3) is 0 Å². The van der Waals surface area contributed by atoms with E-state index in [1.54, 1.807) is 0 Å². The predicted molar refractivity (Wildman–Crippen MR) is 123 cm³/mol. The van der Waals surface area contributed by atoms with Gasteiger partial charge in [-0.15, -0.1) is 0 Å². The van der Waals surface area contributed by atoms with Crippen LogP contribution in [0.1, 0.15) is 37.9 Å². The van der Waals surface area contributed by atoms with Crippen LogP contribution in [0.15, 0.2) is 30.5 Å². The number of para-hydroxylation sites is 1. The fourth-order valence-electron chi connectivity index (χ4n) is 5.02. The molecule has 1 atom stereocenters. The fourth-order valence-corrected chi connectivity index (χ4v) is 5.02. The predicted octanol–water partition coefficient (Wildman–Crippen LogP) is 3.53. The molecule has 1 aliphatic carbocycles. The van der Waals surface area contributed by atoms with Crippen LogP contribution in [0.3, 0.4) is 0 Å². The first-order valence-electron chi connectivity index (χ1n) is 11.6. The van der Waals surface area contributed by atoms with Gasteiger partial charge >= 0.3 is 0 Å². The number of carbonyl (C=O) groups excluding carboxylic acids is 1. The van der Waals surface area contributed by atoms with Gasteiger partial charge in [-0.05, 0) is 32.3 Å². The van der Waals surface area contributed by atoms with E-state index in [1.165, 1.54) is 10.9 Å². The second-order valence-corrected chi connectivity index (χ2v) is 9.70. The maximum absolute atomic E-state index is 13.1. The lowest BCUT2D eigenvalue weighted by molar-refractivity contribution is -0.137. The number of amides is 1. The molecule has 2 aliphatic heterocycles. The Morgan fingerprint density at radius 2 is 2.06 bits per heavy atom. The van der Waals surface area contributed by atoms with Crippen molar-refractivity contribution in [1.82, 2.24) is 19.9 Å². The number of H-pyrrole nitrogens is 1. The molecule has 7 heteroatoms. The van der Waals surface area contributed by atoms with E-state index in [-0.39, 0.29) is 17.4 Å². The van der Waals surface area contributed by atoms with Crippen LogP contribution in [-0.4, -0.2) is 58.1 Å². The number of carbonyl (C=O) groups is 1. The zero-order chi connectivity index (χ0) is 21.9. The standard InChI is InChI=1S/C25H29N5O2/c1-16-15-32-12-11-30(16)24-27-21-14-29(23(31)25(2)8-9-25)10-7-18(21)22(28-24)19-13-26-20-6-4-3-5-17(19)20/h3-6,13,16,26H,7-12,14-15H2,1-2H3. The fraction of sp³-hybridized carbons (Fsp3) is 0.480.